The molecule has 0 fully saturated rings. The van der Waals surface area contributed by atoms with Crippen molar-refractivity contribution in [3.05, 3.63) is 28.5 Å². The molecule has 0 saturated carbocycles. The second kappa shape index (κ2) is 4.28. The molecule has 0 radical (unpaired) electrons. The molecule has 1 aromatic rings. The summed E-state index contributed by atoms with van der Waals surface area (Å²) in [5.74, 6) is -0.286. The Morgan fingerprint density at radius 3 is 2.64 bits per heavy atom. The molecule has 0 heterocycles. The van der Waals surface area contributed by atoms with Gasteiger partial charge in [0, 0.05) is 16.7 Å². The molecule has 0 amide bonds. The Morgan fingerprint density at radius 2 is 2.14 bits per heavy atom. The molecule has 0 aliphatic heterocycles. The lowest BCUT2D eigenvalue weighted by molar-refractivity contribution is 0.0945. The van der Waals surface area contributed by atoms with Crippen molar-refractivity contribution in [2.75, 3.05) is 11.9 Å². The van der Waals surface area contributed by atoms with E-state index in [2.05, 4.69) is 21.2 Å². The van der Waals surface area contributed by atoms with Gasteiger partial charge in [0.15, 0.2) is 0 Å². The Balaban J connectivity index is 2.68. The summed E-state index contributed by atoms with van der Waals surface area (Å²) >= 11 is 3.23. The molecular weight excluding hydrogens is 249 g/mol. The first kappa shape index (κ1) is 11.5. The van der Waals surface area contributed by atoms with E-state index in [-0.39, 0.29) is 5.82 Å². The number of hydrogen-bond acceptors (Lipinski definition) is 2. The van der Waals surface area contributed by atoms with Crippen molar-refractivity contribution in [3.63, 3.8) is 0 Å². The molecule has 0 unspecified atom stereocenters. The quantitative estimate of drug-likeness (QED) is 0.877. The molecule has 0 aromatic heterocycles. The van der Waals surface area contributed by atoms with Crippen LogP contribution in [0.5, 0.6) is 0 Å². The molecule has 0 bridgehead atoms. The Bertz CT molecular complexity index is 322. The summed E-state index contributed by atoms with van der Waals surface area (Å²) in [4.78, 5) is 0. The van der Waals surface area contributed by atoms with Gasteiger partial charge in [-0.3, -0.25) is 0 Å². The van der Waals surface area contributed by atoms with Crippen molar-refractivity contribution in [1.82, 2.24) is 0 Å². The van der Waals surface area contributed by atoms with Gasteiger partial charge in [0.05, 0.1) is 5.60 Å². The van der Waals surface area contributed by atoms with Gasteiger partial charge in [-0.25, -0.2) is 4.39 Å². The summed E-state index contributed by atoms with van der Waals surface area (Å²) in [7, 11) is 0. The summed E-state index contributed by atoms with van der Waals surface area (Å²) in [5.41, 5.74) is -0.0121. The molecule has 4 heteroatoms. The van der Waals surface area contributed by atoms with E-state index in [1.807, 2.05) is 0 Å². The van der Waals surface area contributed by atoms with Gasteiger partial charge in [-0.1, -0.05) is 0 Å². The highest BCUT2D eigenvalue weighted by atomic mass is 79.9. The minimum Gasteiger partial charge on any atom is -0.389 e. The second-order valence-electron chi connectivity index (χ2n) is 3.79. The molecule has 1 rings (SSSR count). The van der Waals surface area contributed by atoms with E-state index < -0.39 is 5.60 Å². The number of nitrogens with one attached hydrogen (secondary N) is 1. The van der Waals surface area contributed by atoms with Gasteiger partial charge >= 0.3 is 0 Å². The van der Waals surface area contributed by atoms with E-state index in [0.29, 0.717) is 11.0 Å². The number of halogens is 2. The highest BCUT2D eigenvalue weighted by molar-refractivity contribution is 9.10. The maximum atomic E-state index is 12.7. The number of anilines is 1. The van der Waals surface area contributed by atoms with E-state index in [0.717, 1.165) is 5.69 Å². The fourth-order valence-corrected chi connectivity index (χ4v) is 1.44. The minimum absolute atomic E-state index is 0.286. The Hall–Kier alpha value is -0.610. The van der Waals surface area contributed by atoms with Crippen LogP contribution in [-0.4, -0.2) is 17.3 Å². The van der Waals surface area contributed by atoms with Crippen molar-refractivity contribution in [1.29, 1.82) is 0 Å². The van der Waals surface area contributed by atoms with E-state index >= 15 is 0 Å². The van der Waals surface area contributed by atoms with Crippen LogP contribution in [0.1, 0.15) is 13.8 Å². The lowest BCUT2D eigenvalue weighted by atomic mass is 10.1. The lowest BCUT2D eigenvalue weighted by Gasteiger charge is -2.19. The second-order valence-corrected chi connectivity index (χ2v) is 4.64. The number of benzene rings is 1. The maximum absolute atomic E-state index is 12.7. The van der Waals surface area contributed by atoms with Gasteiger partial charge in [-0.2, -0.15) is 0 Å². The molecule has 2 nitrogen and oxygen atoms in total. The maximum Gasteiger partial charge on any atom is 0.124 e. The van der Waals surface area contributed by atoms with Crippen LogP contribution in [0.2, 0.25) is 0 Å². The molecule has 0 spiro atoms. The average Bonchev–Trinajstić information content (AvgIpc) is 2.00. The highest BCUT2D eigenvalue weighted by Gasteiger charge is 2.12. The first-order chi connectivity index (χ1) is 6.38. The fourth-order valence-electron chi connectivity index (χ4n) is 0.944. The van der Waals surface area contributed by atoms with E-state index in [4.69, 9.17) is 0 Å². The largest absolute Gasteiger partial charge is 0.389 e. The van der Waals surface area contributed by atoms with Crippen LogP contribution >= 0.6 is 15.9 Å². The van der Waals surface area contributed by atoms with Crippen LogP contribution in [0.25, 0.3) is 0 Å². The first-order valence-corrected chi connectivity index (χ1v) is 5.09. The van der Waals surface area contributed by atoms with Gasteiger partial charge < -0.3 is 10.4 Å². The molecule has 0 aliphatic rings. The summed E-state index contributed by atoms with van der Waals surface area (Å²) < 4.78 is 13.4. The van der Waals surface area contributed by atoms with Gasteiger partial charge in [0.25, 0.3) is 0 Å². The van der Waals surface area contributed by atoms with Crippen molar-refractivity contribution in [3.8, 4) is 0 Å². The fraction of sp³-hybridized carbons (Fsp3) is 0.400. The smallest absolute Gasteiger partial charge is 0.124 e. The Morgan fingerprint density at radius 1 is 1.50 bits per heavy atom. The van der Waals surface area contributed by atoms with Crippen LogP contribution in [-0.2, 0) is 0 Å². The molecule has 78 valence electrons. The van der Waals surface area contributed by atoms with Crippen LogP contribution in [0.3, 0.4) is 0 Å². The van der Waals surface area contributed by atoms with Crippen LogP contribution in [0.15, 0.2) is 22.7 Å². The minimum atomic E-state index is -0.784. The van der Waals surface area contributed by atoms with Crippen molar-refractivity contribution in [2.24, 2.45) is 0 Å². The monoisotopic (exact) mass is 261 g/mol. The normalized spacial score (nSPS) is 11.5. The van der Waals surface area contributed by atoms with Crippen molar-refractivity contribution in [2.45, 2.75) is 19.4 Å². The lowest BCUT2D eigenvalue weighted by Crippen LogP contribution is -2.29. The zero-order valence-corrected chi connectivity index (χ0v) is 9.73. The zero-order valence-electron chi connectivity index (χ0n) is 8.14. The third kappa shape index (κ3) is 3.64. The van der Waals surface area contributed by atoms with Gasteiger partial charge in [-0.15, -0.1) is 0 Å². The SMILES string of the molecule is CC(C)(O)CNc1ccc(F)cc1Br. The highest BCUT2D eigenvalue weighted by Crippen LogP contribution is 2.23. The third-order valence-corrected chi connectivity index (χ3v) is 2.30. The molecule has 0 atom stereocenters. The summed E-state index contributed by atoms with van der Waals surface area (Å²) in [6.45, 7) is 3.83. The Kier molecular flexibility index (Phi) is 3.50. The van der Waals surface area contributed by atoms with Gasteiger partial charge in [0.2, 0.25) is 0 Å². The van der Waals surface area contributed by atoms with E-state index in [1.54, 1.807) is 19.9 Å². The molecule has 14 heavy (non-hydrogen) atoms. The molecule has 0 aliphatic carbocycles. The van der Waals surface area contributed by atoms with Crippen molar-refractivity contribution < 1.29 is 9.50 Å². The first-order valence-electron chi connectivity index (χ1n) is 4.30. The number of rotatable bonds is 3. The van der Waals surface area contributed by atoms with E-state index in [9.17, 15) is 9.50 Å². The zero-order chi connectivity index (χ0) is 10.8. The summed E-state index contributed by atoms with van der Waals surface area (Å²) in [5, 5.41) is 12.5. The summed E-state index contributed by atoms with van der Waals surface area (Å²) in [6, 6.07) is 4.38. The Labute approximate surface area is 91.3 Å². The van der Waals surface area contributed by atoms with Crippen LogP contribution in [0.4, 0.5) is 10.1 Å². The third-order valence-electron chi connectivity index (χ3n) is 1.64. The standard InChI is InChI=1S/C10H13BrFNO/c1-10(2,14)6-13-9-4-3-7(12)5-8(9)11/h3-5,13-14H,6H2,1-2H3. The predicted molar refractivity (Wildman–Crippen MR) is 58.9 cm³/mol. The summed E-state index contributed by atoms with van der Waals surface area (Å²) in [6.07, 6.45) is 0. The molecule has 0 saturated heterocycles. The van der Waals surface area contributed by atoms with Crippen LogP contribution in [0, 0.1) is 5.82 Å². The number of aliphatic hydroxyl groups is 1. The van der Waals surface area contributed by atoms with Crippen LogP contribution < -0.4 is 5.32 Å². The molecule has 1 aromatic carbocycles. The molecule has 2 N–H and O–H groups in total. The predicted octanol–water partition coefficient (Wildman–Crippen LogP) is 2.77. The molecular formula is C10H13BrFNO. The van der Waals surface area contributed by atoms with E-state index in [1.165, 1.54) is 12.1 Å². The van der Waals surface area contributed by atoms with Crippen molar-refractivity contribution >= 4 is 21.6 Å². The topological polar surface area (TPSA) is 32.3 Å². The number of hydrogen-bond donors (Lipinski definition) is 2. The van der Waals surface area contributed by atoms with Gasteiger partial charge in [-0.05, 0) is 48.0 Å². The van der Waals surface area contributed by atoms with Gasteiger partial charge in [0.1, 0.15) is 5.82 Å². The average molecular weight is 262 g/mol.